The van der Waals surface area contributed by atoms with E-state index in [-0.39, 0.29) is 5.91 Å². The van der Waals surface area contributed by atoms with Crippen LogP contribution in [0.4, 0.5) is 0 Å². The highest BCUT2D eigenvalue weighted by Crippen LogP contribution is 2.25. The smallest absolute Gasteiger partial charge is 0.273 e. The summed E-state index contributed by atoms with van der Waals surface area (Å²) in [5, 5.41) is 4.34. The first kappa shape index (κ1) is 16.7. The Balaban J connectivity index is 1.49. The summed E-state index contributed by atoms with van der Waals surface area (Å²) in [6, 6.07) is 3.88. The van der Waals surface area contributed by atoms with Gasteiger partial charge >= 0.3 is 0 Å². The molecule has 3 aromatic heterocycles. The van der Waals surface area contributed by atoms with E-state index in [9.17, 15) is 4.79 Å². The van der Waals surface area contributed by atoms with Crippen LogP contribution in [0.1, 0.15) is 23.3 Å². The van der Waals surface area contributed by atoms with Gasteiger partial charge in [0.1, 0.15) is 11.3 Å². The van der Waals surface area contributed by atoms with Gasteiger partial charge in [0.2, 0.25) is 0 Å². The zero-order valence-corrected chi connectivity index (χ0v) is 14.8. The summed E-state index contributed by atoms with van der Waals surface area (Å²) >= 11 is 0. The lowest BCUT2D eigenvalue weighted by Gasteiger charge is -2.27. The van der Waals surface area contributed by atoms with Crippen molar-refractivity contribution in [2.24, 2.45) is 5.92 Å². The third-order valence-electron chi connectivity index (χ3n) is 4.94. The zero-order valence-electron chi connectivity index (χ0n) is 14.8. The van der Waals surface area contributed by atoms with Crippen molar-refractivity contribution in [3.8, 4) is 11.3 Å². The van der Waals surface area contributed by atoms with Crippen LogP contribution in [0.15, 0.2) is 36.9 Å². The Labute approximate surface area is 151 Å². The third kappa shape index (κ3) is 3.30. The van der Waals surface area contributed by atoms with Gasteiger partial charge in [0.25, 0.3) is 5.91 Å². The van der Waals surface area contributed by atoms with E-state index in [1.54, 1.807) is 23.5 Å². The summed E-state index contributed by atoms with van der Waals surface area (Å²) < 4.78 is 0. The van der Waals surface area contributed by atoms with E-state index in [0.717, 1.165) is 54.8 Å². The van der Waals surface area contributed by atoms with E-state index < -0.39 is 0 Å². The summed E-state index contributed by atoms with van der Waals surface area (Å²) in [6.07, 6.45) is 9.04. The fourth-order valence-electron chi connectivity index (χ4n) is 3.48. The number of hydrogen-bond donors (Lipinski definition) is 2. The number of nitrogens with zero attached hydrogens (tertiary/aromatic N) is 4. The van der Waals surface area contributed by atoms with Gasteiger partial charge in [-0.1, -0.05) is 0 Å². The maximum atomic E-state index is 12.6. The molecular weight excluding hydrogens is 328 g/mol. The van der Waals surface area contributed by atoms with Gasteiger partial charge in [-0.3, -0.25) is 9.78 Å². The highest BCUT2D eigenvalue weighted by atomic mass is 16.2. The second-order valence-electron chi connectivity index (χ2n) is 6.77. The van der Waals surface area contributed by atoms with Crippen LogP contribution < -0.4 is 5.32 Å². The van der Waals surface area contributed by atoms with E-state index >= 15 is 0 Å². The van der Waals surface area contributed by atoms with Crippen molar-refractivity contribution in [1.82, 2.24) is 30.2 Å². The molecule has 0 radical (unpaired) electrons. The van der Waals surface area contributed by atoms with Gasteiger partial charge in [-0.2, -0.15) is 0 Å². The quantitative estimate of drug-likeness (QED) is 0.752. The Morgan fingerprint density at radius 2 is 2.08 bits per heavy atom. The number of hydrogen-bond acceptors (Lipinski definition) is 5. The molecule has 4 heterocycles. The van der Waals surface area contributed by atoms with E-state index in [4.69, 9.17) is 0 Å². The first-order valence-corrected chi connectivity index (χ1v) is 8.93. The predicted octanol–water partition coefficient (Wildman–Crippen LogP) is 2.09. The number of rotatable bonds is 4. The molecule has 134 valence electrons. The molecule has 1 aliphatic heterocycles. The number of amides is 1. The Kier molecular flexibility index (Phi) is 4.62. The molecule has 1 amide bonds. The van der Waals surface area contributed by atoms with Gasteiger partial charge in [0.15, 0.2) is 0 Å². The van der Waals surface area contributed by atoms with Gasteiger partial charge in [-0.25, -0.2) is 9.97 Å². The van der Waals surface area contributed by atoms with Crippen LogP contribution in [0, 0.1) is 5.92 Å². The van der Waals surface area contributed by atoms with E-state index in [0.29, 0.717) is 11.6 Å². The molecule has 2 N–H and O–H groups in total. The number of fused-ring (bicyclic) bond motifs is 1. The van der Waals surface area contributed by atoms with E-state index in [2.05, 4.69) is 25.3 Å². The Morgan fingerprint density at radius 1 is 1.23 bits per heavy atom. The number of aromatic nitrogens is 4. The minimum Gasteiger partial charge on any atom is -0.345 e. The van der Waals surface area contributed by atoms with Crippen molar-refractivity contribution >= 4 is 16.9 Å². The molecule has 1 saturated heterocycles. The standard InChI is InChI=1S/C19H22N6O/c1-25(12-13-4-7-20-8-5-13)19(26)17-11-22-16(10-23-17)15-9-24-18-14(15)3-2-6-21-18/h2-3,6,9-11,13,20H,4-5,7-8,12H2,1H3,(H,21,24). The van der Waals surface area contributed by atoms with Crippen molar-refractivity contribution in [1.29, 1.82) is 0 Å². The fraction of sp³-hybridized carbons (Fsp3) is 0.368. The highest BCUT2D eigenvalue weighted by molar-refractivity contribution is 5.94. The number of piperidine rings is 1. The average molecular weight is 350 g/mol. The number of aromatic amines is 1. The van der Waals surface area contributed by atoms with Crippen molar-refractivity contribution in [2.75, 3.05) is 26.7 Å². The lowest BCUT2D eigenvalue weighted by molar-refractivity contribution is 0.0756. The molecular formula is C19H22N6O. The van der Waals surface area contributed by atoms with Gasteiger partial charge in [-0.15, -0.1) is 0 Å². The topological polar surface area (TPSA) is 86.8 Å². The molecule has 0 atom stereocenters. The molecule has 0 saturated carbocycles. The van der Waals surface area contributed by atoms with Crippen LogP contribution in [0.5, 0.6) is 0 Å². The minimum atomic E-state index is -0.0804. The Morgan fingerprint density at radius 3 is 2.85 bits per heavy atom. The number of pyridine rings is 1. The lowest BCUT2D eigenvalue weighted by Crippen LogP contribution is -2.37. The maximum Gasteiger partial charge on any atom is 0.273 e. The average Bonchev–Trinajstić information content (AvgIpc) is 3.12. The van der Waals surface area contributed by atoms with Crippen LogP contribution in [0.25, 0.3) is 22.3 Å². The molecule has 26 heavy (non-hydrogen) atoms. The molecule has 0 spiro atoms. The van der Waals surface area contributed by atoms with Crippen molar-refractivity contribution in [2.45, 2.75) is 12.8 Å². The normalized spacial score (nSPS) is 15.3. The lowest BCUT2D eigenvalue weighted by atomic mass is 9.97. The SMILES string of the molecule is CN(CC1CCNCC1)C(=O)c1cnc(-c2c[nH]c3ncccc23)cn1. The van der Waals surface area contributed by atoms with Crippen molar-refractivity contribution in [3.63, 3.8) is 0 Å². The van der Waals surface area contributed by atoms with Crippen LogP contribution in [-0.2, 0) is 0 Å². The molecule has 4 rings (SSSR count). The fourth-order valence-corrected chi connectivity index (χ4v) is 3.48. The number of carbonyl (C=O) groups is 1. The summed E-state index contributed by atoms with van der Waals surface area (Å²) in [7, 11) is 1.84. The maximum absolute atomic E-state index is 12.6. The van der Waals surface area contributed by atoms with E-state index in [1.807, 2.05) is 25.4 Å². The Hall–Kier alpha value is -2.80. The third-order valence-corrected chi connectivity index (χ3v) is 4.94. The molecule has 3 aromatic rings. The van der Waals surface area contributed by atoms with Crippen LogP contribution in [-0.4, -0.2) is 57.4 Å². The van der Waals surface area contributed by atoms with Gasteiger partial charge in [-0.05, 0) is 44.0 Å². The summed E-state index contributed by atoms with van der Waals surface area (Å²) in [6.45, 7) is 2.82. The molecule has 1 aliphatic rings. The molecule has 0 bridgehead atoms. The molecule has 0 aromatic carbocycles. The summed E-state index contributed by atoms with van der Waals surface area (Å²) in [5.74, 6) is 0.472. The second kappa shape index (κ2) is 7.21. The Bertz CT molecular complexity index is 898. The van der Waals surface area contributed by atoms with Crippen molar-refractivity contribution in [3.05, 3.63) is 42.6 Å². The second-order valence-corrected chi connectivity index (χ2v) is 6.77. The van der Waals surface area contributed by atoms with Gasteiger partial charge in [0.05, 0.1) is 18.1 Å². The number of H-pyrrole nitrogens is 1. The van der Waals surface area contributed by atoms with Crippen molar-refractivity contribution < 1.29 is 4.79 Å². The first-order chi connectivity index (χ1) is 12.7. The molecule has 7 nitrogen and oxygen atoms in total. The monoisotopic (exact) mass is 350 g/mol. The molecule has 1 fully saturated rings. The van der Waals surface area contributed by atoms with Gasteiger partial charge < -0.3 is 15.2 Å². The number of carbonyl (C=O) groups excluding carboxylic acids is 1. The largest absolute Gasteiger partial charge is 0.345 e. The summed E-state index contributed by atoms with van der Waals surface area (Å²) in [4.78, 5) is 30.6. The first-order valence-electron chi connectivity index (χ1n) is 8.93. The van der Waals surface area contributed by atoms with Crippen LogP contribution in [0.3, 0.4) is 0 Å². The molecule has 0 aliphatic carbocycles. The predicted molar refractivity (Wildman–Crippen MR) is 99.7 cm³/mol. The molecule has 7 heteroatoms. The van der Waals surface area contributed by atoms with Crippen LogP contribution in [0.2, 0.25) is 0 Å². The zero-order chi connectivity index (χ0) is 17.9. The van der Waals surface area contributed by atoms with E-state index in [1.165, 1.54) is 0 Å². The number of nitrogens with one attached hydrogen (secondary N) is 2. The van der Waals surface area contributed by atoms with Crippen LogP contribution >= 0.6 is 0 Å². The minimum absolute atomic E-state index is 0.0804. The summed E-state index contributed by atoms with van der Waals surface area (Å²) in [5.41, 5.74) is 2.85. The highest BCUT2D eigenvalue weighted by Gasteiger charge is 2.20. The van der Waals surface area contributed by atoms with Gasteiger partial charge in [0, 0.05) is 36.9 Å². The molecule has 0 unspecified atom stereocenters.